The van der Waals surface area contributed by atoms with E-state index in [1.54, 1.807) is 39.5 Å². The van der Waals surface area contributed by atoms with Crippen molar-refractivity contribution in [3.05, 3.63) is 53.9 Å². The first-order valence-corrected chi connectivity index (χ1v) is 10.1. The number of hydrogen-bond donors (Lipinski definition) is 0. The molecule has 0 spiro atoms. The van der Waals surface area contributed by atoms with E-state index >= 15 is 0 Å². The fraction of sp³-hybridized carbons (Fsp3) is 0.348. The topological polar surface area (TPSA) is 86.9 Å². The molecule has 8 heteroatoms. The molecule has 0 saturated carbocycles. The summed E-state index contributed by atoms with van der Waals surface area (Å²) < 4.78 is 21.5. The van der Waals surface area contributed by atoms with Crippen molar-refractivity contribution in [1.82, 2.24) is 15.0 Å². The number of nitrogens with zero attached hydrogens (tertiary/aromatic N) is 3. The zero-order valence-corrected chi connectivity index (χ0v) is 17.8. The molecule has 1 aromatic heterocycles. The van der Waals surface area contributed by atoms with E-state index in [-0.39, 0.29) is 11.8 Å². The molecule has 1 saturated heterocycles. The third-order valence-electron chi connectivity index (χ3n) is 5.56. The van der Waals surface area contributed by atoms with Gasteiger partial charge in [0.1, 0.15) is 22.8 Å². The van der Waals surface area contributed by atoms with Gasteiger partial charge in [-0.25, -0.2) is 0 Å². The maximum Gasteiger partial charge on any atom is 0.261 e. The van der Waals surface area contributed by atoms with Crippen LogP contribution in [-0.2, 0) is 0 Å². The summed E-state index contributed by atoms with van der Waals surface area (Å²) in [6.07, 6.45) is 1.49. The molecule has 1 aliphatic heterocycles. The monoisotopic (exact) mass is 423 g/mol. The lowest BCUT2D eigenvalue weighted by molar-refractivity contribution is 0.0697. The van der Waals surface area contributed by atoms with E-state index in [1.807, 2.05) is 29.2 Å². The third-order valence-corrected chi connectivity index (χ3v) is 5.56. The first-order valence-electron chi connectivity index (χ1n) is 10.1. The van der Waals surface area contributed by atoms with Gasteiger partial charge in [0.25, 0.3) is 5.91 Å². The van der Waals surface area contributed by atoms with Crippen molar-refractivity contribution in [3.8, 4) is 28.6 Å². The Morgan fingerprint density at radius 1 is 0.968 bits per heavy atom. The predicted octanol–water partition coefficient (Wildman–Crippen LogP) is 3.78. The molecule has 1 fully saturated rings. The molecule has 4 rings (SSSR count). The van der Waals surface area contributed by atoms with Crippen LogP contribution in [0.2, 0.25) is 0 Å². The summed E-state index contributed by atoms with van der Waals surface area (Å²) >= 11 is 0. The SMILES string of the molecule is COc1ccc(-c2noc(C3CCN(C(=O)c4c(OC)cccc4OC)CC3)n2)cc1. The number of amides is 1. The lowest BCUT2D eigenvalue weighted by Crippen LogP contribution is -2.38. The molecule has 0 atom stereocenters. The molecular weight excluding hydrogens is 398 g/mol. The Kier molecular flexibility index (Phi) is 6.06. The Hall–Kier alpha value is -3.55. The minimum absolute atomic E-state index is 0.0998. The number of rotatable bonds is 6. The fourth-order valence-electron chi connectivity index (χ4n) is 3.81. The Bertz CT molecular complexity index is 1020. The first kappa shape index (κ1) is 20.7. The Morgan fingerprint density at radius 2 is 1.61 bits per heavy atom. The number of carbonyl (C=O) groups is 1. The number of hydrogen-bond acceptors (Lipinski definition) is 7. The highest BCUT2D eigenvalue weighted by Gasteiger charge is 2.30. The Morgan fingerprint density at radius 3 is 2.19 bits per heavy atom. The van der Waals surface area contributed by atoms with Gasteiger partial charge in [0.05, 0.1) is 21.3 Å². The number of methoxy groups -OCH3 is 3. The van der Waals surface area contributed by atoms with E-state index in [0.29, 0.717) is 41.9 Å². The zero-order valence-electron chi connectivity index (χ0n) is 17.8. The van der Waals surface area contributed by atoms with Crippen molar-refractivity contribution in [2.75, 3.05) is 34.4 Å². The second-order valence-corrected chi connectivity index (χ2v) is 7.29. The smallest absolute Gasteiger partial charge is 0.261 e. The van der Waals surface area contributed by atoms with E-state index in [1.165, 1.54) is 0 Å². The maximum absolute atomic E-state index is 13.1. The van der Waals surface area contributed by atoms with Crippen LogP contribution in [-0.4, -0.2) is 55.4 Å². The van der Waals surface area contributed by atoms with Crippen LogP contribution in [0, 0.1) is 0 Å². The van der Waals surface area contributed by atoms with Crippen LogP contribution >= 0.6 is 0 Å². The van der Waals surface area contributed by atoms with E-state index in [2.05, 4.69) is 10.1 Å². The van der Waals surface area contributed by atoms with E-state index in [0.717, 1.165) is 24.2 Å². The van der Waals surface area contributed by atoms with Gasteiger partial charge >= 0.3 is 0 Å². The average molecular weight is 423 g/mol. The van der Waals surface area contributed by atoms with Crippen molar-refractivity contribution < 1.29 is 23.5 Å². The summed E-state index contributed by atoms with van der Waals surface area (Å²) in [4.78, 5) is 19.5. The van der Waals surface area contributed by atoms with Gasteiger partial charge < -0.3 is 23.6 Å². The molecule has 1 aliphatic rings. The van der Waals surface area contributed by atoms with Gasteiger partial charge in [-0.1, -0.05) is 11.2 Å². The molecule has 1 amide bonds. The van der Waals surface area contributed by atoms with E-state index < -0.39 is 0 Å². The molecular formula is C23H25N3O5. The first-order chi connectivity index (χ1) is 15.1. The zero-order chi connectivity index (χ0) is 21.8. The molecule has 162 valence electrons. The minimum atomic E-state index is -0.0998. The van der Waals surface area contributed by atoms with E-state index in [4.69, 9.17) is 18.7 Å². The predicted molar refractivity (Wildman–Crippen MR) is 114 cm³/mol. The van der Waals surface area contributed by atoms with Crippen LogP contribution in [0.25, 0.3) is 11.4 Å². The molecule has 2 aromatic carbocycles. The van der Waals surface area contributed by atoms with Gasteiger partial charge in [0, 0.05) is 24.6 Å². The van der Waals surface area contributed by atoms with Crippen LogP contribution in [0.15, 0.2) is 47.0 Å². The molecule has 2 heterocycles. The summed E-state index contributed by atoms with van der Waals surface area (Å²) in [6, 6.07) is 12.9. The van der Waals surface area contributed by atoms with Gasteiger partial charge in [-0.05, 0) is 49.2 Å². The quantitative estimate of drug-likeness (QED) is 0.596. The number of carbonyl (C=O) groups excluding carboxylic acids is 1. The van der Waals surface area contributed by atoms with Gasteiger partial charge in [-0.3, -0.25) is 4.79 Å². The molecule has 0 N–H and O–H groups in total. The van der Waals surface area contributed by atoms with Crippen molar-refractivity contribution >= 4 is 5.91 Å². The summed E-state index contributed by atoms with van der Waals surface area (Å²) in [7, 11) is 4.73. The van der Waals surface area contributed by atoms with Crippen LogP contribution in [0.4, 0.5) is 0 Å². The summed E-state index contributed by atoms with van der Waals surface area (Å²) in [5.41, 5.74) is 1.32. The second kappa shape index (κ2) is 9.07. The molecule has 0 unspecified atom stereocenters. The van der Waals surface area contributed by atoms with Crippen molar-refractivity contribution in [2.45, 2.75) is 18.8 Å². The highest BCUT2D eigenvalue weighted by atomic mass is 16.5. The highest BCUT2D eigenvalue weighted by molar-refractivity contribution is 5.99. The van der Waals surface area contributed by atoms with Crippen LogP contribution in [0.5, 0.6) is 17.2 Å². The van der Waals surface area contributed by atoms with Crippen molar-refractivity contribution in [2.24, 2.45) is 0 Å². The van der Waals surface area contributed by atoms with Gasteiger partial charge in [0.2, 0.25) is 11.7 Å². The summed E-state index contributed by atoms with van der Waals surface area (Å²) in [5, 5.41) is 4.12. The fourth-order valence-corrected chi connectivity index (χ4v) is 3.81. The molecule has 0 aliphatic carbocycles. The Labute approximate surface area is 180 Å². The van der Waals surface area contributed by atoms with Crippen molar-refractivity contribution in [3.63, 3.8) is 0 Å². The Balaban J connectivity index is 1.44. The number of benzene rings is 2. The number of likely N-dealkylation sites (tertiary alicyclic amines) is 1. The van der Waals surface area contributed by atoms with Crippen LogP contribution in [0.3, 0.4) is 0 Å². The van der Waals surface area contributed by atoms with E-state index in [9.17, 15) is 4.79 Å². The van der Waals surface area contributed by atoms with Gasteiger partial charge in [0.15, 0.2) is 0 Å². The van der Waals surface area contributed by atoms with Crippen LogP contribution < -0.4 is 14.2 Å². The number of piperidine rings is 1. The largest absolute Gasteiger partial charge is 0.497 e. The lowest BCUT2D eigenvalue weighted by Gasteiger charge is -2.31. The summed E-state index contributed by atoms with van der Waals surface area (Å²) in [5.74, 6) is 2.96. The molecule has 8 nitrogen and oxygen atoms in total. The highest BCUT2D eigenvalue weighted by Crippen LogP contribution is 2.33. The molecule has 0 radical (unpaired) electrons. The number of ether oxygens (including phenoxy) is 3. The molecule has 0 bridgehead atoms. The van der Waals surface area contributed by atoms with Crippen LogP contribution in [0.1, 0.15) is 35.0 Å². The van der Waals surface area contributed by atoms with Gasteiger partial charge in [-0.15, -0.1) is 0 Å². The third kappa shape index (κ3) is 4.19. The second-order valence-electron chi connectivity index (χ2n) is 7.29. The van der Waals surface area contributed by atoms with Crippen molar-refractivity contribution in [1.29, 1.82) is 0 Å². The van der Waals surface area contributed by atoms with Gasteiger partial charge in [-0.2, -0.15) is 4.98 Å². The minimum Gasteiger partial charge on any atom is -0.497 e. The summed E-state index contributed by atoms with van der Waals surface area (Å²) in [6.45, 7) is 1.18. The normalized spacial score (nSPS) is 14.4. The average Bonchev–Trinajstić information content (AvgIpc) is 3.33. The lowest BCUT2D eigenvalue weighted by atomic mass is 9.96. The maximum atomic E-state index is 13.1. The number of aromatic nitrogens is 2. The molecule has 3 aromatic rings. The standard InChI is InChI=1S/C23H25N3O5/c1-28-17-9-7-15(8-10-17)21-24-22(31-25-21)16-11-13-26(14-12-16)23(27)20-18(29-2)5-4-6-19(20)30-3/h4-10,16H,11-14H2,1-3H3. The molecule has 31 heavy (non-hydrogen) atoms.